The van der Waals surface area contributed by atoms with E-state index in [1.54, 1.807) is 0 Å². The summed E-state index contributed by atoms with van der Waals surface area (Å²) in [4.78, 5) is 2.43. The smallest absolute Gasteiger partial charge is 0.0541 e. The molecule has 0 radical (unpaired) electrons. The van der Waals surface area contributed by atoms with E-state index in [2.05, 4.69) is 230 Å². The van der Waals surface area contributed by atoms with E-state index in [-0.39, 0.29) is 5.41 Å². The van der Waals surface area contributed by atoms with Crippen molar-refractivity contribution in [3.8, 4) is 39.1 Å². The van der Waals surface area contributed by atoms with Crippen LogP contribution in [-0.4, -0.2) is 4.57 Å². The van der Waals surface area contributed by atoms with Crippen molar-refractivity contribution in [2.45, 2.75) is 19.3 Å². The van der Waals surface area contributed by atoms with Gasteiger partial charge in [0, 0.05) is 38.9 Å². The molecule has 0 saturated heterocycles. The molecule has 57 heavy (non-hydrogen) atoms. The molecule has 0 bridgehead atoms. The lowest BCUT2D eigenvalue weighted by Gasteiger charge is -2.28. The largest absolute Gasteiger partial charge is 0.310 e. The lowest BCUT2D eigenvalue weighted by molar-refractivity contribution is 0.660. The molecule has 0 saturated carbocycles. The van der Waals surface area contributed by atoms with Crippen LogP contribution < -0.4 is 4.90 Å². The molecular weight excluding hydrogens is 689 g/mol. The van der Waals surface area contributed by atoms with Crippen LogP contribution in [0.25, 0.3) is 71.6 Å². The Morgan fingerprint density at radius 2 is 1.00 bits per heavy atom. The number of anilines is 3. The number of rotatable bonds is 6. The van der Waals surface area contributed by atoms with Crippen molar-refractivity contribution in [2.75, 3.05) is 4.90 Å². The minimum absolute atomic E-state index is 0.107. The van der Waals surface area contributed by atoms with Crippen molar-refractivity contribution in [2.24, 2.45) is 0 Å². The average Bonchev–Trinajstić information content (AvgIpc) is 3.72. The number of nitrogens with zero attached hydrogens (tertiary/aromatic N) is 2. The van der Waals surface area contributed by atoms with Gasteiger partial charge in [-0.15, -0.1) is 0 Å². The van der Waals surface area contributed by atoms with Crippen molar-refractivity contribution in [3.05, 3.63) is 217 Å². The second-order valence-corrected chi connectivity index (χ2v) is 15.8. The zero-order valence-electron chi connectivity index (χ0n) is 32.0. The third-order valence-corrected chi connectivity index (χ3v) is 12.2. The van der Waals surface area contributed by atoms with Crippen molar-refractivity contribution >= 4 is 49.6 Å². The molecule has 9 aromatic carbocycles. The van der Waals surface area contributed by atoms with Gasteiger partial charge in [0.15, 0.2) is 0 Å². The van der Waals surface area contributed by atoms with E-state index in [0.717, 1.165) is 17.1 Å². The van der Waals surface area contributed by atoms with Gasteiger partial charge in [-0.25, -0.2) is 0 Å². The molecule has 0 amide bonds. The highest BCUT2D eigenvalue weighted by molar-refractivity contribution is 6.10. The first kappa shape index (κ1) is 33.2. The molecule has 1 aromatic heterocycles. The highest BCUT2D eigenvalue weighted by Gasteiger charge is 2.35. The second-order valence-electron chi connectivity index (χ2n) is 15.8. The van der Waals surface area contributed by atoms with Gasteiger partial charge in [0.05, 0.1) is 11.0 Å². The fourth-order valence-electron chi connectivity index (χ4n) is 9.38. The van der Waals surface area contributed by atoms with E-state index in [1.165, 1.54) is 82.8 Å². The Bertz CT molecular complexity index is 3140. The fourth-order valence-corrected chi connectivity index (χ4v) is 9.38. The number of hydrogen-bond acceptors (Lipinski definition) is 1. The molecule has 1 aliphatic rings. The maximum atomic E-state index is 2.43. The predicted octanol–water partition coefficient (Wildman–Crippen LogP) is 15.0. The maximum Gasteiger partial charge on any atom is 0.0541 e. The van der Waals surface area contributed by atoms with Gasteiger partial charge >= 0.3 is 0 Å². The maximum absolute atomic E-state index is 2.43. The highest BCUT2D eigenvalue weighted by Crippen LogP contribution is 2.51. The standard InChI is InChI=1S/C55H40N2/c1-55(2)51-24-10-8-21-47(51)48-32-31-44(36-52(48)55)56(43-19-12-16-40(34-43)46-23-13-15-38-14-6-7-20-45(38)46)42-29-26-37(27-30-42)39-28-33-54-50(35-39)49-22-9-11-25-53(49)57(54)41-17-4-3-5-18-41/h3-36H,1-2H3. The van der Waals surface area contributed by atoms with Gasteiger partial charge in [0.2, 0.25) is 0 Å². The van der Waals surface area contributed by atoms with Crippen LogP contribution >= 0.6 is 0 Å². The normalized spacial score (nSPS) is 12.9. The van der Waals surface area contributed by atoms with Crippen molar-refractivity contribution in [1.82, 2.24) is 4.57 Å². The minimum Gasteiger partial charge on any atom is -0.310 e. The van der Waals surface area contributed by atoms with Crippen LogP contribution in [0.15, 0.2) is 206 Å². The Labute approximate surface area is 333 Å². The van der Waals surface area contributed by atoms with Gasteiger partial charge in [0.1, 0.15) is 0 Å². The highest BCUT2D eigenvalue weighted by atomic mass is 15.1. The first-order valence-electron chi connectivity index (χ1n) is 19.8. The SMILES string of the molecule is CC1(C)c2ccccc2-c2ccc(N(c3ccc(-c4ccc5c(c4)c4ccccc4n5-c4ccccc4)cc3)c3cccc(-c4cccc5ccccc45)c3)cc21. The summed E-state index contributed by atoms with van der Waals surface area (Å²) in [6.45, 7) is 4.71. The summed E-state index contributed by atoms with van der Waals surface area (Å²) in [5.41, 5.74) is 17.1. The molecule has 0 spiro atoms. The molecule has 1 heterocycles. The number of aromatic nitrogens is 1. The Kier molecular flexibility index (Phi) is 7.55. The van der Waals surface area contributed by atoms with E-state index in [9.17, 15) is 0 Å². The van der Waals surface area contributed by atoms with Gasteiger partial charge in [0.25, 0.3) is 0 Å². The molecule has 0 atom stereocenters. The van der Waals surface area contributed by atoms with Crippen LogP contribution in [0.4, 0.5) is 17.1 Å². The quantitative estimate of drug-likeness (QED) is 0.165. The van der Waals surface area contributed by atoms with Crippen LogP contribution in [0.5, 0.6) is 0 Å². The third-order valence-electron chi connectivity index (χ3n) is 12.2. The Balaban J connectivity index is 1.04. The summed E-state index contributed by atoms with van der Waals surface area (Å²) in [6.07, 6.45) is 0. The summed E-state index contributed by atoms with van der Waals surface area (Å²) < 4.78 is 2.37. The van der Waals surface area contributed by atoms with Crippen molar-refractivity contribution in [3.63, 3.8) is 0 Å². The van der Waals surface area contributed by atoms with Crippen LogP contribution in [0.3, 0.4) is 0 Å². The average molecular weight is 729 g/mol. The topological polar surface area (TPSA) is 8.17 Å². The molecule has 0 N–H and O–H groups in total. The Hall–Kier alpha value is -7.16. The van der Waals surface area contributed by atoms with Crippen LogP contribution in [0.1, 0.15) is 25.0 Å². The molecule has 0 fully saturated rings. The molecule has 0 aliphatic heterocycles. The zero-order valence-corrected chi connectivity index (χ0v) is 32.0. The summed E-state index contributed by atoms with van der Waals surface area (Å²) in [5, 5.41) is 5.02. The van der Waals surface area contributed by atoms with Gasteiger partial charge in [-0.2, -0.15) is 0 Å². The number of benzene rings is 9. The lowest BCUT2D eigenvalue weighted by atomic mass is 9.82. The van der Waals surface area contributed by atoms with Gasteiger partial charge in [-0.3, -0.25) is 0 Å². The van der Waals surface area contributed by atoms with Crippen LogP contribution in [0, 0.1) is 0 Å². The summed E-state index contributed by atoms with van der Waals surface area (Å²) >= 11 is 0. The van der Waals surface area contributed by atoms with Gasteiger partial charge in [-0.1, -0.05) is 153 Å². The number of hydrogen-bond donors (Lipinski definition) is 0. The zero-order chi connectivity index (χ0) is 38.1. The minimum atomic E-state index is -0.107. The summed E-state index contributed by atoms with van der Waals surface area (Å²) in [5.74, 6) is 0. The van der Waals surface area contributed by atoms with Crippen LogP contribution in [-0.2, 0) is 5.41 Å². The van der Waals surface area contributed by atoms with Crippen molar-refractivity contribution < 1.29 is 0 Å². The number of para-hydroxylation sites is 2. The molecule has 2 nitrogen and oxygen atoms in total. The van der Waals surface area contributed by atoms with Crippen LogP contribution in [0.2, 0.25) is 0 Å². The second kappa shape index (κ2) is 13.0. The first-order chi connectivity index (χ1) is 28.0. The van der Waals surface area contributed by atoms with Crippen molar-refractivity contribution in [1.29, 1.82) is 0 Å². The lowest BCUT2D eigenvalue weighted by Crippen LogP contribution is -2.16. The molecule has 1 aliphatic carbocycles. The Morgan fingerprint density at radius 3 is 1.88 bits per heavy atom. The van der Waals surface area contributed by atoms with E-state index in [0.29, 0.717) is 0 Å². The molecule has 11 rings (SSSR count). The molecule has 2 heteroatoms. The Morgan fingerprint density at radius 1 is 0.368 bits per heavy atom. The molecule has 0 unspecified atom stereocenters. The summed E-state index contributed by atoms with van der Waals surface area (Å²) in [7, 11) is 0. The summed E-state index contributed by atoms with van der Waals surface area (Å²) in [6, 6.07) is 75.6. The van der Waals surface area contributed by atoms with E-state index in [1.807, 2.05) is 0 Å². The number of fused-ring (bicyclic) bond motifs is 7. The monoisotopic (exact) mass is 728 g/mol. The fraction of sp³-hybridized carbons (Fsp3) is 0.0545. The molecule has 10 aromatic rings. The third kappa shape index (κ3) is 5.33. The van der Waals surface area contributed by atoms with Gasteiger partial charge < -0.3 is 9.47 Å². The van der Waals surface area contributed by atoms with E-state index < -0.39 is 0 Å². The predicted molar refractivity (Wildman–Crippen MR) is 241 cm³/mol. The van der Waals surface area contributed by atoms with E-state index in [4.69, 9.17) is 0 Å². The van der Waals surface area contributed by atoms with Gasteiger partial charge in [-0.05, 0) is 122 Å². The molecular formula is C55H40N2. The first-order valence-corrected chi connectivity index (χ1v) is 19.8. The molecule has 270 valence electrons. The van der Waals surface area contributed by atoms with E-state index >= 15 is 0 Å².